The summed E-state index contributed by atoms with van der Waals surface area (Å²) in [6.45, 7) is 0.294. The van der Waals surface area contributed by atoms with Gasteiger partial charge in [-0.15, -0.1) is 0 Å². The molecule has 2 aromatic rings. The van der Waals surface area contributed by atoms with Crippen LogP contribution in [0.3, 0.4) is 0 Å². The van der Waals surface area contributed by atoms with Crippen molar-refractivity contribution in [3.8, 4) is 0 Å². The second-order valence-corrected chi connectivity index (χ2v) is 5.54. The van der Waals surface area contributed by atoms with E-state index in [2.05, 4.69) is 10.4 Å². The molecule has 2 heterocycles. The molecule has 8 heteroatoms. The predicted octanol–water partition coefficient (Wildman–Crippen LogP) is 0.455. The van der Waals surface area contributed by atoms with Crippen LogP contribution in [0, 0.1) is 5.82 Å². The summed E-state index contributed by atoms with van der Waals surface area (Å²) in [5.74, 6) is -0.985. The first-order valence-electron chi connectivity index (χ1n) is 7.35. The smallest absolute Gasteiger partial charge is 0.272 e. The van der Waals surface area contributed by atoms with E-state index in [0.717, 1.165) is 4.68 Å². The van der Waals surface area contributed by atoms with Gasteiger partial charge >= 0.3 is 0 Å². The first kappa shape index (κ1) is 15.9. The zero-order valence-electron chi connectivity index (χ0n) is 12.9. The maximum Gasteiger partial charge on any atom is 0.272 e. The number of anilines is 1. The number of aryl methyl sites for hydroxylation is 1. The van der Waals surface area contributed by atoms with E-state index >= 15 is 0 Å². The van der Waals surface area contributed by atoms with E-state index in [9.17, 15) is 18.8 Å². The molecule has 1 aromatic carbocycles. The number of aromatic nitrogens is 2. The van der Waals surface area contributed by atoms with Crippen LogP contribution in [0.4, 0.5) is 10.1 Å². The van der Waals surface area contributed by atoms with Crippen LogP contribution < -0.4 is 15.8 Å². The number of amides is 2. The van der Waals surface area contributed by atoms with Crippen LogP contribution in [0.2, 0.25) is 0 Å². The number of nitrogens with zero attached hydrogens (tertiary/aromatic N) is 3. The van der Waals surface area contributed by atoms with Crippen LogP contribution in [0.15, 0.2) is 41.2 Å². The number of carbonyl (C=O) groups is 2. The van der Waals surface area contributed by atoms with Crippen molar-refractivity contribution in [2.75, 3.05) is 11.4 Å². The van der Waals surface area contributed by atoms with Gasteiger partial charge in [-0.3, -0.25) is 14.4 Å². The van der Waals surface area contributed by atoms with E-state index in [1.54, 1.807) is 0 Å². The zero-order valence-corrected chi connectivity index (χ0v) is 12.9. The van der Waals surface area contributed by atoms with Crippen molar-refractivity contribution >= 4 is 17.5 Å². The normalized spacial score (nSPS) is 17.2. The fourth-order valence-corrected chi connectivity index (χ4v) is 2.56. The number of benzene rings is 1. The third-order valence-corrected chi connectivity index (χ3v) is 3.79. The number of nitrogens with one attached hydrogen (secondary N) is 1. The molecule has 1 aliphatic heterocycles. The summed E-state index contributed by atoms with van der Waals surface area (Å²) in [6, 6.07) is 7.82. The highest BCUT2D eigenvalue weighted by Crippen LogP contribution is 2.21. The molecule has 1 atom stereocenters. The third kappa shape index (κ3) is 3.17. The number of halogens is 1. The molecular weight excluding hydrogens is 315 g/mol. The highest BCUT2D eigenvalue weighted by Gasteiger charge is 2.32. The van der Waals surface area contributed by atoms with E-state index in [0.29, 0.717) is 12.2 Å². The SMILES string of the molecule is Cn1nc(C(=O)NC2CC(=O)N(c3ccc(F)cc3)C2)ccc1=O. The van der Waals surface area contributed by atoms with Gasteiger partial charge in [0.25, 0.3) is 11.5 Å². The Labute approximate surface area is 136 Å². The third-order valence-electron chi connectivity index (χ3n) is 3.79. The van der Waals surface area contributed by atoms with Crippen molar-refractivity contribution in [3.05, 3.63) is 58.3 Å². The highest BCUT2D eigenvalue weighted by atomic mass is 19.1. The van der Waals surface area contributed by atoms with Crippen molar-refractivity contribution in [2.24, 2.45) is 7.05 Å². The molecule has 0 saturated carbocycles. The number of hydrogen-bond donors (Lipinski definition) is 1. The van der Waals surface area contributed by atoms with Gasteiger partial charge in [0, 0.05) is 31.8 Å². The van der Waals surface area contributed by atoms with Gasteiger partial charge in [-0.05, 0) is 30.3 Å². The molecule has 0 radical (unpaired) electrons. The second-order valence-electron chi connectivity index (χ2n) is 5.54. The molecule has 1 fully saturated rings. The summed E-state index contributed by atoms with van der Waals surface area (Å²) in [4.78, 5) is 37.1. The van der Waals surface area contributed by atoms with Gasteiger partial charge < -0.3 is 10.2 Å². The lowest BCUT2D eigenvalue weighted by Crippen LogP contribution is -2.38. The van der Waals surface area contributed by atoms with Crippen LogP contribution in [-0.2, 0) is 11.8 Å². The standard InChI is InChI=1S/C16H15FN4O3/c1-20-14(22)7-6-13(19-20)16(24)18-11-8-15(23)21(9-11)12-4-2-10(17)3-5-12/h2-7,11H,8-9H2,1H3,(H,18,24). The van der Waals surface area contributed by atoms with E-state index in [-0.39, 0.29) is 35.4 Å². The van der Waals surface area contributed by atoms with Crippen LogP contribution in [0.1, 0.15) is 16.9 Å². The molecule has 1 aromatic heterocycles. The quantitative estimate of drug-likeness (QED) is 0.886. The number of rotatable bonds is 3. The van der Waals surface area contributed by atoms with Crippen LogP contribution in [-0.4, -0.2) is 34.2 Å². The molecule has 124 valence electrons. The summed E-state index contributed by atoms with van der Waals surface area (Å²) in [6.07, 6.45) is 0.148. The molecule has 0 bridgehead atoms. The Morgan fingerprint density at radius 1 is 1.21 bits per heavy atom. The van der Waals surface area contributed by atoms with Gasteiger partial charge in [0.15, 0.2) is 0 Å². The summed E-state index contributed by atoms with van der Waals surface area (Å²) < 4.78 is 14.0. The summed E-state index contributed by atoms with van der Waals surface area (Å²) in [5, 5.41) is 6.60. The van der Waals surface area contributed by atoms with Crippen LogP contribution >= 0.6 is 0 Å². The molecule has 0 spiro atoms. The molecule has 1 unspecified atom stereocenters. The maximum atomic E-state index is 13.0. The Morgan fingerprint density at radius 3 is 2.58 bits per heavy atom. The average molecular weight is 330 g/mol. The fourth-order valence-electron chi connectivity index (χ4n) is 2.56. The monoisotopic (exact) mass is 330 g/mol. The van der Waals surface area contributed by atoms with Crippen LogP contribution in [0.25, 0.3) is 0 Å². The lowest BCUT2D eigenvalue weighted by molar-refractivity contribution is -0.117. The largest absolute Gasteiger partial charge is 0.346 e. The fraction of sp³-hybridized carbons (Fsp3) is 0.250. The minimum atomic E-state index is -0.454. The molecule has 2 amide bonds. The van der Waals surface area contributed by atoms with Crippen molar-refractivity contribution in [1.82, 2.24) is 15.1 Å². The topological polar surface area (TPSA) is 84.3 Å². The van der Waals surface area contributed by atoms with Crippen LogP contribution in [0.5, 0.6) is 0 Å². The lowest BCUT2D eigenvalue weighted by atomic mass is 10.2. The van der Waals surface area contributed by atoms with E-state index < -0.39 is 5.91 Å². The molecule has 1 aliphatic rings. The summed E-state index contributed by atoms with van der Waals surface area (Å²) in [5.41, 5.74) is 0.369. The highest BCUT2D eigenvalue weighted by molar-refractivity contribution is 5.98. The minimum absolute atomic E-state index is 0.102. The first-order chi connectivity index (χ1) is 11.4. The average Bonchev–Trinajstić information content (AvgIpc) is 2.91. The van der Waals surface area contributed by atoms with Gasteiger partial charge in [-0.2, -0.15) is 5.10 Å². The summed E-state index contributed by atoms with van der Waals surface area (Å²) in [7, 11) is 1.45. The van der Waals surface area contributed by atoms with Gasteiger partial charge in [0.2, 0.25) is 5.91 Å². The Bertz CT molecular complexity index is 847. The van der Waals surface area contributed by atoms with E-state index in [4.69, 9.17) is 0 Å². The number of hydrogen-bond acceptors (Lipinski definition) is 4. The van der Waals surface area contributed by atoms with E-state index in [1.807, 2.05) is 0 Å². The van der Waals surface area contributed by atoms with E-state index in [1.165, 1.54) is 48.3 Å². The van der Waals surface area contributed by atoms with Crippen molar-refractivity contribution in [2.45, 2.75) is 12.5 Å². The Hall–Kier alpha value is -3.03. The van der Waals surface area contributed by atoms with Gasteiger partial charge in [-0.1, -0.05) is 0 Å². The lowest BCUT2D eigenvalue weighted by Gasteiger charge is -2.17. The van der Waals surface area contributed by atoms with Crippen molar-refractivity contribution in [1.29, 1.82) is 0 Å². The van der Waals surface area contributed by atoms with Crippen molar-refractivity contribution < 1.29 is 14.0 Å². The Kier molecular flexibility index (Phi) is 4.11. The Morgan fingerprint density at radius 2 is 1.92 bits per heavy atom. The first-order valence-corrected chi connectivity index (χ1v) is 7.35. The minimum Gasteiger partial charge on any atom is -0.346 e. The maximum absolute atomic E-state index is 13.0. The second kappa shape index (κ2) is 6.23. The number of carbonyl (C=O) groups excluding carboxylic acids is 2. The van der Waals surface area contributed by atoms with Gasteiger partial charge in [-0.25, -0.2) is 9.07 Å². The van der Waals surface area contributed by atoms with Crippen molar-refractivity contribution in [3.63, 3.8) is 0 Å². The van der Waals surface area contributed by atoms with Gasteiger partial charge in [0.1, 0.15) is 11.5 Å². The predicted molar refractivity (Wildman–Crippen MR) is 84.1 cm³/mol. The molecular formula is C16H15FN4O3. The Balaban J connectivity index is 1.69. The zero-order chi connectivity index (χ0) is 17.3. The van der Waals surface area contributed by atoms with Gasteiger partial charge in [0.05, 0.1) is 6.04 Å². The molecule has 1 saturated heterocycles. The molecule has 24 heavy (non-hydrogen) atoms. The molecule has 0 aliphatic carbocycles. The molecule has 7 nitrogen and oxygen atoms in total. The molecule has 3 rings (SSSR count). The molecule has 1 N–H and O–H groups in total. The summed E-state index contributed by atoms with van der Waals surface area (Å²) >= 11 is 0.